The minimum Gasteiger partial charge on any atom is -0.342 e. The third-order valence-corrected chi connectivity index (χ3v) is 5.07. The fourth-order valence-corrected chi connectivity index (χ4v) is 3.98. The summed E-state index contributed by atoms with van der Waals surface area (Å²) in [5.74, 6) is -1.92. The topological polar surface area (TPSA) is 75.3 Å². The van der Waals surface area contributed by atoms with E-state index in [-0.39, 0.29) is 5.91 Å². The van der Waals surface area contributed by atoms with Crippen LogP contribution in [0.5, 0.6) is 0 Å². The molecule has 0 unspecified atom stereocenters. The van der Waals surface area contributed by atoms with Gasteiger partial charge in [-0.25, -0.2) is 0 Å². The first-order valence-corrected chi connectivity index (χ1v) is 9.44. The highest BCUT2D eigenvalue weighted by Crippen LogP contribution is 2.44. The predicted octanol–water partition coefficient (Wildman–Crippen LogP) is 2.58. The Labute approximate surface area is 159 Å². The molecule has 3 saturated heterocycles. The quantitative estimate of drug-likeness (QED) is 0.873. The normalized spacial score (nSPS) is 36.1. The molecule has 3 aliphatic rings. The van der Waals surface area contributed by atoms with Gasteiger partial charge in [-0.1, -0.05) is 25.1 Å². The fourth-order valence-electron chi connectivity index (χ4n) is 3.98. The zero-order valence-corrected chi connectivity index (χ0v) is 16.4. The maximum atomic E-state index is 13.1. The lowest BCUT2D eigenvalue weighted by molar-refractivity contribution is -0.229. The molecule has 1 N–H and O–H groups in total. The number of fused-ring (bicyclic) bond motifs is 3. The van der Waals surface area contributed by atoms with Gasteiger partial charge in [0.15, 0.2) is 24.0 Å². The van der Waals surface area contributed by atoms with E-state index in [0.717, 1.165) is 17.7 Å². The van der Waals surface area contributed by atoms with Gasteiger partial charge in [-0.15, -0.1) is 0 Å². The Hall–Kier alpha value is -1.51. The standard InChI is InChI=1S/C20H27NO6/c1-6-11-9-7-8-10-12(11)21-17(22)15-13-14(25-19(2,3)24-13)16-18(23-15)27-20(4,5)26-16/h7-10,13-16,18H,6H2,1-5H3,(H,21,22)/t13-,14+,15+,16+,18+/m0/s1. The van der Waals surface area contributed by atoms with E-state index >= 15 is 0 Å². The molecule has 4 rings (SSSR count). The fraction of sp³-hybridized carbons (Fsp3) is 0.650. The lowest BCUT2D eigenvalue weighted by Gasteiger charge is -2.36. The van der Waals surface area contributed by atoms with E-state index in [1.54, 1.807) is 0 Å². The lowest BCUT2D eigenvalue weighted by Crippen LogP contribution is -2.58. The molecule has 0 spiro atoms. The van der Waals surface area contributed by atoms with E-state index in [1.165, 1.54) is 0 Å². The molecular weight excluding hydrogens is 350 g/mol. The number of ether oxygens (including phenoxy) is 5. The molecular formula is C20H27NO6. The molecule has 0 saturated carbocycles. The smallest absolute Gasteiger partial charge is 0.256 e. The number of nitrogens with one attached hydrogen (secondary N) is 1. The first kappa shape index (κ1) is 18.8. The molecule has 1 aromatic rings. The average Bonchev–Trinajstić information content (AvgIpc) is 3.08. The lowest BCUT2D eigenvalue weighted by atomic mass is 9.98. The van der Waals surface area contributed by atoms with E-state index in [2.05, 4.69) is 5.32 Å². The van der Waals surface area contributed by atoms with E-state index in [4.69, 9.17) is 23.7 Å². The number of carbonyl (C=O) groups is 1. The Balaban J connectivity index is 1.59. The summed E-state index contributed by atoms with van der Waals surface area (Å²) in [5.41, 5.74) is 1.83. The van der Waals surface area contributed by atoms with Gasteiger partial charge in [0.25, 0.3) is 5.91 Å². The summed E-state index contributed by atoms with van der Waals surface area (Å²) in [6.07, 6.45) is -2.20. The maximum Gasteiger partial charge on any atom is 0.256 e. The summed E-state index contributed by atoms with van der Waals surface area (Å²) in [6.45, 7) is 9.32. The Kier molecular flexibility index (Phi) is 4.56. The molecule has 5 atom stereocenters. The molecule has 1 amide bonds. The number of benzene rings is 1. The van der Waals surface area contributed by atoms with E-state index < -0.39 is 42.3 Å². The molecule has 0 bridgehead atoms. The van der Waals surface area contributed by atoms with E-state index in [9.17, 15) is 4.79 Å². The van der Waals surface area contributed by atoms with Crippen LogP contribution in [0.15, 0.2) is 24.3 Å². The number of para-hydroxylation sites is 1. The molecule has 7 heteroatoms. The van der Waals surface area contributed by atoms with Crippen molar-refractivity contribution in [2.75, 3.05) is 5.32 Å². The second kappa shape index (κ2) is 6.53. The summed E-state index contributed by atoms with van der Waals surface area (Å²) in [7, 11) is 0. The van der Waals surface area contributed by atoms with Crippen LogP contribution in [0.2, 0.25) is 0 Å². The minimum atomic E-state index is -0.861. The number of rotatable bonds is 3. The Bertz CT molecular complexity index is 733. The second-order valence-electron chi connectivity index (χ2n) is 8.09. The monoisotopic (exact) mass is 377 g/mol. The van der Waals surface area contributed by atoms with Crippen molar-refractivity contribution in [2.45, 2.75) is 83.3 Å². The summed E-state index contributed by atoms with van der Waals surface area (Å²) in [6, 6.07) is 7.72. The van der Waals surface area contributed by atoms with Crippen LogP contribution in [0, 0.1) is 0 Å². The van der Waals surface area contributed by atoms with Gasteiger partial charge in [-0.3, -0.25) is 4.79 Å². The molecule has 0 aliphatic carbocycles. The first-order chi connectivity index (χ1) is 12.7. The summed E-state index contributed by atoms with van der Waals surface area (Å²) < 4.78 is 29.9. The van der Waals surface area contributed by atoms with Gasteiger partial charge in [-0.05, 0) is 45.7 Å². The van der Waals surface area contributed by atoms with Crippen LogP contribution in [-0.4, -0.2) is 48.2 Å². The Morgan fingerprint density at radius 2 is 1.59 bits per heavy atom. The Morgan fingerprint density at radius 1 is 0.963 bits per heavy atom. The zero-order chi connectivity index (χ0) is 19.4. The molecule has 3 heterocycles. The number of hydrogen-bond acceptors (Lipinski definition) is 6. The third kappa shape index (κ3) is 3.50. The molecule has 148 valence electrons. The van der Waals surface area contributed by atoms with Gasteiger partial charge >= 0.3 is 0 Å². The maximum absolute atomic E-state index is 13.1. The van der Waals surface area contributed by atoms with E-state index in [0.29, 0.717) is 0 Å². The zero-order valence-electron chi connectivity index (χ0n) is 16.4. The number of anilines is 1. The highest BCUT2D eigenvalue weighted by atomic mass is 16.9. The largest absolute Gasteiger partial charge is 0.342 e. The molecule has 0 radical (unpaired) electrons. The van der Waals surface area contributed by atoms with Crippen molar-refractivity contribution in [2.24, 2.45) is 0 Å². The summed E-state index contributed by atoms with van der Waals surface area (Å²) in [5, 5.41) is 2.98. The van der Waals surface area contributed by atoms with Crippen LogP contribution in [0.25, 0.3) is 0 Å². The highest BCUT2D eigenvalue weighted by Gasteiger charge is 2.62. The van der Waals surface area contributed by atoms with Crippen LogP contribution in [0.4, 0.5) is 5.69 Å². The summed E-state index contributed by atoms with van der Waals surface area (Å²) >= 11 is 0. The van der Waals surface area contributed by atoms with Gasteiger partial charge in [0.05, 0.1) is 0 Å². The van der Waals surface area contributed by atoms with Crippen molar-refractivity contribution in [3.63, 3.8) is 0 Å². The van der Waals surface area contributed by atoms with Crippen LogP contribution in [0.3, 0.4) is 0 Å². The van der Waals surface area contributed by atoms with Crippen molar-refractivity contribution in [1.82, 2.24) is 0 Å². The van der Waals surface area contributed by atoms with Gasteiger partial charge in [0.2, 0.25) is 0 Å². The molecule has 1 aromatic carbocycles. The molecule has 3 aliphatic heterocycles. The van der Waals surface area contributed by atoms with Crippen LogP contribution in [-0.2, 0) is 34.9 Å². The van der Waals surface area contributed by atoms with Crippen LogP contribution < -0.4 is 5.32 Å². The summed E-state index contributed by atoms with van der Waals surface area (Å²) in [4.78, 5) is 13.1. The van der Waals surface area contributed by atoms with Gasteiger partial charge < -0.3 is 29.0 Å². The third-order valence-electron chi connectivity index (χ3n) is 5.07. The highest BCUT2D eigenvalue weighted by molar-refractivity contribution is 5.95. The molecule has 27 heavy (non-hydrogen) atoms. The number of carbonyl (C=O) groups excluding carboxylic acids is 1. The predicted molar refractivity (Wildman–Crippen MR) is 97.0 cm³/mol. The SMILES string of the molecule is CCc1ccccc1NC(=O)[C@@H]1O[C@@H]2OC(C)(C)O[C@@H]2[C@@H]2OC(C)(C)O[C@@H]21. The molecule has 3 fully saturated rings. The van der Waals surface area contributed by atoms with Crippen molar-refractivity contribution < 1.29 is 28.5 Å². The van der Waals surface area contributed by atoms with Crippen molar-refractivity contribution in [3.05, 3.63) is 29.8 Å². The number of aryl methyl sites for hydroxylation is 1. The number of amides is 1. The van der Waals surface area contributed by atoms with Gasteiger partial charge in [-0.2, -0.15) is 0 Å². The van der Waals surface area contributed by atoms with Gasteiger partial charge in [0, 0.05) is 5.69 Å². The van der Waals surface area contributed by atoms with Crippen molar-refractivity contribution >= 4 is 11.6 Å². The minimum absolute atomic E-state index is 0.279. The second-order valence-corrected chi connectivity index (χ2v) is 8.09. The van der Waals surface area contributed by atoms with Crippen LogP contribution >= 0.6 is 0 Å². The number of hydrogen-bond donors (Lipinski definition) is 1. The van der Waals surface area contributed by atoms with E-state index in [1.807, 2.05) is 58.9 Å². The van der Waals surface area contributed by atoms with Gasteiger partial charge in [0.1, 0.15) is 18.3 Å². The Morgan fingerprint density at radius 3 is 2.33 bits per heavy atom. The van der Waals surface area contributed by atoms with Crippen LogP contribution in [0.1, 0.15) is 40.2 Å². The molecule has 0 aromatic heterocycles. The average molecular weight is 377 g/mol. The van der Waals surface area contributed by atoms with Crippen molar-refractivity contribution in [1.29, 1.82) is 0 Å². The first-order valence-electron chi connectivity index (χ1n) is 9.44. The van der Waals surface area contributed by atoms with Crippen molar-refractivity contribution in [3.8, 4) is 0 Å². The molecule has 7 nitrogen and oxygen atoms in total.